The summed E-state index contributed by atoms with van der Waals surface area (Å²) in [5.74, 6) is 0.769. The van der Waals surface area contributed by atoms with E-state index in [1.54, 1.807) is 18.4 Å². The molecule has 1 amide bonds. The lowest BCUT2D eigenvalue weighted by molar-refractivity contribution is 0.0954. The first kappa shape index (κ1) is 16.6. The van der Waals surface area contributed by atoms with E-state index >= 15 is 0 Å². The molecule has 6 heteroatoms. The molecule has 0 aliphatic carbocycles. The minimum absolute atomic E-state index is 0.0598. The highest BCUT2D eigenvalue weighted by atomic mass is 32.1. The number of fused-ring (bicyclic) bond motifs is 2. The Balaban J connectivity index is 1.44. The van der Waals surface area contributed by atoms with Crippen molar-refractivity contribution < 1.29 is 9.53 Å². The maximum absolute atomic E-state index is 12.4. The van der Waals surface area contributed by atoms with Gasteiger partial charge in [-0.3, -0.25) is 4.79 Å². The third kappa shape index (κ3) is 3.15. The Kier molecular flexibility index (Phi) is 4.34. The van der Waals surface area contributed by atoms with Crippen molar-refractivity contribution in [1.29, 1.82) is 0 Å². The van der Waals surface area contributed by atoms with Gasteiger partial charge in [0.1, 0.15) is 5.75 Å². The number of carbonyl (C=O) groups is 1. The summed E-state index contributed by atoms with van der Waals surface area (Å²) in [5, 5.41) is 5.13. The average Bonchev–Trinajstić information content (AvgIpc) is 3.22. The maximum atomic E-state index is 12.4. The van der Waals surface area contributed by atoms with Gasteiger partial charge in [0.15, 0.2) is 0 Å². The van der Waals surface area contributed by atoms with Gasteiger partial charge < -0.3 is 15.0 Å². The monoisotopic (exact) mass is 365 g/mol. The SMILES string of the molecule is COc1ccc2[nH]cc(CCNC(=O)c3ccc4nc(C)sc4c3)c2c1. The zero-order chi connectivity index (χ0) is 18.1. The zero-order valence-corrected chi connectivity index (χ0v) is 15.4. The number of nitrogens with one attached hydrogen (secondary N) is 2. The van der Waals surface area contributed by atoms with Crippen LogP contribution in [0.3, 0.4) is 0 Å². The second kappa shape index (κ2) is 6.80. The highest BCUT2D eigenvalue weighted by Gasteiger charge is 2.10. The van der Waals surface area contributed by atoms with E-state index in [-0.39, 0.29) is 5.91 Å². The number of thiazole rings is 1. The van der Waals surface area contributed by atoms with Gasteiger partial charge in [0.05, 0.1) is 22.3 Å². The molecule has 0 saturated carbocycles. The number of methoxy groups -OCH3 is 1. The second-order valence-corrected chi connectivity index (χ2v) is 7.38. The van der Waals surface area contributed by atoms with Gasteiger partial charge in [-0.05, 0) is 55.3 Å². The third-order valence-electron chi connectivity index (χ3n) is 4.41. The Bertz CT molecular complexity index is 1100. The highest BCUT2D eigenvalue weighted by molar-refractivity contribution is 7.18. The van der Waals surface area contributed by atoms with Crippen LogP contribution in [0.15, 0.2) is 42.6 Å². The van der Waals surface area contributed by atoms with Gasteiger partial charge in [0.25, 0.3) is 5.91 Å². The van der Waals surface area contributed by atoms with Crippen LogP contribution in [0, 0.1) is 6.92 Å². The summed E-state index contributed by atoms with van der Waals surface area (Å²) in [5.41, 5.74) is 3.84. The number of aryl methyl sites for hydroxylation is 1. The number of aromatic amines is 1. The van der Waals surface area contributed by atoms with Crippen LogP contribution in [0.25, 0.3) is 21.1 Å². The van der Waals surface area contributed by atoms with E-state index in [4.69, 9.17) is 4.74 Å². The number of aromatic nitrogens is 2. The number of amides is 1. The molecule has 4 rings (SSSR count). The third-order valence-corrected chi connectivity index (χ3v) is 5.35. The van der Waals surface area contributed by atoms with Crippen LogP contribution in [-0.4, -0.2) is 29.5 Å². The van der Waals surface area contributed by atoms with Gasteiger partial charge in [-0.1, -0.05) is 0 Å². The number of benzene rings is 2. The van der Waals surface area contributed by atoms with Gasteiger partial charge in [0.2, 0.25) is 0 Å². The summed E-state index contributed by atoms with van der Waals surface area (Å²) in [7, 11) is 1.66. The number of nitrogens with zero attached hydrogens (tertiary/aromatic N) is 1. The highest BCUT2D eigenvalue weighted by Crippen LogP contribution is 2.24. The molecule has 0 aliphatic rings. The van der Waals surface area contributed by atoms with E-state index in [0.717, 1.165) is 43.9 Å². The van der Waals surface area contributed by atoms with Crippen LogP contribution >= 0.6 is 11.3 Å². The van der Waals surface area contributed by atoms with E-state index in [1.165, 1.54) is 0 Å². The van der Waals surface area contributed by atoms with Crippen molar-refractivity contribution in [1.82, 2.24) is 15.3 Å². The van der Waals surface area contributed by atoms with Crippen molar-refractivity contribution in [2.45, 2.75) is 13.3 Å². The molecule has 4 aromatic rings. The molecule has 2 heterocycles. The molecule has 0 radical (unpaired) electrons. The Morgan fingerprint density at radius 2 is 2.15 bits per heavy atom. The summed E-state index contributed by atoms with van der Waals surface area (Å²) in [6.07, 6.45) is 2.74. The van der Waals surface area contributed by atoms with E-state index in [0.29, 0.717) is 12.1 Å². The minimum atomic E-state index is -0.0598. The molecule has 2 aromatic carbocycles. The molecule has 26 heavy (non-hydrogen) atoms. The van der Waals surface area contributed by atoms with Gasteiger partial charge in [-0.15, -0.1) is 11.3 Å². The largest absolute Gasteiger partial charge is 0.497 e. The standard InChI is InChI=1S/C20H19N3O2S/c1-12-23-18-5-3-13(9-19(18)26-12)20(24)21-8-7-14-11-22-17-6-4-15(25-2)10-16(14)17/h3-6,9-11,22H,7-8H2,1-2H3,(H,21,24). The molecule has 0 aliphatic heterocycles. The van der Waals surface area contributed by atoms with Crippen LogP contribution in [0.2, 0.25) is 0 Å². The second-order valence-electron chi connectivity index (χ2n) is 6.15. The molecule has 132 valence electrons. The smallest absolute Gasteiger partial charge is 0.251 e. The zero-order valence-electron chi connectivity index (χ0n) is 14.6. The predicted molar refractivity (Wildman–Crippen MR) is 105 cm³/mol. The molecule has 0 bridgehead atoms. The molecule has 0 saturated heterocycles. The quantitative estimate of drug-likeness (QED) is 0.560. The normalized spacial score (nSPS) is 11.2. The number of rotatable bonds is 5. The number of H-pyrrole nitrogens is 1. The first-order valence-electron chi connectivity index (χ1n) is 8.43. The molecule has 0 atom stereocenters. The fourth-order valence-corrected chi connectivity index (χ4v) is 3.95. The van der Waals surface area contributed by atoms with Gasteiger partial charge in [0, 0.05) is 29.2 Å². The van der Waals surface area contributed by atoms with Crippen molar-refractivity contribution in [2.75, 3.05) is 13.7 Å². The van der Waals surface area contributed by atoms with Crippen LogP contribution in [0.5, 0.6) is 5.75 Å². The van der Waals surface area contributed by atoms with E-state index in [1.807, 2.05) is 49.5 Å². The fraction of sp³-hybridized carbons (Fsp3) is 0.200. The maximum Gasteiger partial charge on any atom is 0.251 e. The number of hydrogen-bond donors (Lipinski definition) is 2. The Morgan fingerprint density at radius 3 is 3.00 bits per heavy atom. The van der Waals surface area contributed by atoms with Crippen LogP contribution < -0.4 is 10.1 Å². The van der Waals surface area contributed by atoms with Gasteiger partial charge in [-0.25, -0.2) is 4.98 Å². The van der Waals surface area contributed by atoms with E-state index in [2.05, 4.69) is 15.3 Å². The van der Waals surface area contributed by atoms with Crippen molar-refractivity contribution in [2.24, 2.45) is 0 Å². The van der Waals surface area contributed by atoms with E-state index in [9.17, 15) is 4.79 Å². The molecule has 5 nitrogen and oxygen atoms in total. The van der Waals surface area contributed by atoms with Gasteiger partial charge in [-0.2, -0.15) is 0 Å². The van der Waals surface area contributed by atoms with Crippen LogP contribution in [0.4, 0.5) is 0 Å². The van der Waals surface area contributed by atoms with Crippen molar-refractivity contribution in [3.05, 3.63) is 58.7 Å². The number of carbonyl (C=O) groups excluding carboxylic acids is 1. The lowest BCUT2D eigenvalue weighted by Crippen LogP contribution is -2.25. The Morgan fingerprint density at radius 1 is 1.27 bits per heavy atom. The summed E-state index contributed by atoms with van der Waals surface area (Å²) in [6, 6.07) is 11.6. The topological polar surface area (TPSA) is 67.0 Å². The van der Waals surface area contributed by atoms with Crippen molar-refractivity contribution in [3.8, 4) is 5.75 Å². The Labute approximate surface area is 155 Å². The minimum Gasteiger partial charge on any atom is -0.497 e. The predicted octanol–water partition coefficient (Wildman–Crippen LogP) is 4.07. The fourth-order valence-electron chi connectivity index (χ4n) is 3.09. The first-order chi connectivity index (χ1) is 12.6. The summed E-state index contributed by atoms with van der Waals surface area (Å²) >= 11 is 1.60. The molecule has 2 aromatic heterocycles. The van der Waals surface area contributed by atoms with E-state index < -0.39 is 0 Å². The van der Waals surface area contributed by atoms with Crippen molar-refractivity contribution >= 4 is 38.4 Å². The lowest BCUT2D eigenvalue weighted by Gasteiger charge is -2.05. The average molecular weight is 365 g/mol. The Hall–Kier alpha value is -2.86. The number of ether oxygens (including phenoxy) is 1. The molecular formula is C20H19N3O2S. The number of hydrogen-bond acceptors (Lipinski definition) is 4. The molecule has 0 unspecified atom stereocenters. The van der Waals surface area contributed by atoms with Crippen molar-refractivity contribution in [3.63, 3.8) is 0 Å². The summed E-state index contributed by atoms with van der Waals surface area (Å²) in [6.45, 7) is 2.54. The molecular weight excluding hydrogens is 346 g/mol. The lowest BCUT2D eigenvalue weighted by atomic mass is 10.1. The molecule has 0 spiro atoms. The molecule has 0 fully saturated rings. The summed E-state index contributed by atoms with van der Waals surface area (Å²) in [4.78, 5) is 20.1. The van der Waals surface area contributed by atoms with Gasteiger partial charge >= 0.3 is 0 Å². The first-order valence-corrected chi connectivity index (χ1v) is 9.25. The van der Waals surface area contributed by atoms with Crippen LogP contribution in [-0.2, 0) is 6.42 Å². The van der Waals surface area contributed by atoms with Crippen LogP contribution in [0.1, 0.15) is 20.9 Å². The summed E-state index contributed by atoms with van der Waals surface area (Å²) < 4.78 is 6.34. The molecule has 2 N–H and O–H groups in total.